The third kappa shape index (κ3) is 3.42. The Balaban J connectivity index is 2.44. The fourth-order valence-electron chi connectivity index (χ4n) is 2.09. The normalized spacial score (nSPS) is 13.2. The molecule has 0 aliphatic rings. The van der Waals surface area contributed by atoms with Crippen molar-refractivity contribution >= 4 is 0 Å². The molecular weight excluding hydrogens is 284 g/mol. The number of halogens is 4. The second-order valence-corrected chi connectivity index (χ2v) is 4.74. The molecule has 2 rings (SSSR count). The van der Waals surface area contributed by atoms with Gasteiger partial charge in [0.25, 0.3) is 0 Å². The summed E-state index contributed by atoms with van der Waals surface area (Å²) in [7, 11) is 0. The van der Waals surface area contributed by atoms with E-state index >= 15 is 0 Å². The first-order valence-corrected chi connectivity index (χ1v) is 6.46. The van der Waals surface area contributed by atoms with Crippen LogP contribution < -0.4 is 0 Å². The summed E-state index contributed by atoms with van der Waals surface area (Å²) in [4.78, 5) is 0. The highest BCUT2D eigenvalue weighted by Gasteiger charge is 2.32. The van der Waals surface area contributed by atoms with Crippen molar-refractivity contribution in [1.29, 1.82) is 0 Å². The highest BCUT2D eigenvalue weighted by Crippen LogP contribution is 2.33. The maximum atomic E-state index is 13.7. The Labute approximate surface area is 119 Å². The Bertz CT molecular complexity index is 634. The molecular formula is C16H14F4O. The molecule has 1 nitrogen and oxygen atoms in total. The maximum Gasteiger partial charge on any atom is 0.416 e. The lowest BCUT2D eigenvalue weighted by Gasteiger charge is -2.15. The number of hydrogen-bond acceptors (Lipinski definition) is 1. The van der Waals surface area contributed by atoms with Crippen molar-refractivity contribution in [1.82, 2.24) is 0 Å². The van der Waals surface area contributed by atoms with Crippen LogP contribution in [-0.2, 0) is 12.6 Å². The predicted molar refractivity (Wildman–Crippen MR) is 71.3 cm³/mol. The minimum Gasteiger partial charge on any atom is -0.384 e. The summed E-state index contributed by atoms with van der Waals surface area (Å²) in [5, 5.41) is 10.2. The number of aliphatic hydroxyl groups excluding tert-OH is 1. The van der Waals surface area contributed by atoms with Crippen LogP contribution in [-0.4, -0.2) is 5.11 Å². The van der Waals surface area contributed by atoms with Gasteiger partial charge in [-0.15, -0.1) is 0 Å². The van der Waals surface area contributed by atoms with Gasteiger partial charge in [-0.3, -0.25) is 0 Å². The first kappa shape index (κ1) is 15.5. The van der Waals surface area contributed by atoms with E-state index in [1.807, 2.05) is 13.0 Å². The molecule has 0 aliphatic heterocycles. The minimum atomic E-state index is -4.58. The third-order valence-corrected chi connectivity index (χ3v) is 3.29. The molecule has 5 heteroatoms. The average Bonchev–Trinajstić information content (AvgIpc) is 2.46. The standard InChI is InChI=1S/C16H14F4O/c1-2-10-4-3-5-11(8-10)15(21)13-9-12(16(18,19)20)6-7-14(13)17/h3-9,15,21H,2H2,1H3. The van der Waals surface area contributed by atoms with Crippen LogP contribution in [0.5, 0.6) is 0 Å². The third-order valence-electron chi connectivity index (χ3n) is 3.29. The Morgan fingerprint density at radius 3 is 2.43 bits per heavy atom. The van der Waals surface area contributed by atoms with Gasteiger partial charge in [0, 0.05) is 5.56 Å². The zero-order chi connectivity index (χ0) is 15.6. The summed E-state index contributed by atoms with van der Waals surface area (Å²) < 4.78 is 51.8. The molecule has 1 N–H and O–H groups in total. The lowest BCUT2D eigenvalue weighted by atomic mass is 9.97. The fourth-order valence-corrected chi connectivity index (χ4v) is 2.09. The van der Waals surface area contributed by atoms with Crippen LogP contribution in [0.1, 0.15) is 35.3 Å². The first-order chi connectivity index (χ1) is 9.82. The van der Waals surface area contributed by atoms with Crippen LogP contribution in [0.15, 0.2) is 42.5 Å². The van der Waals surface area contributed by atoms with Gasteiger partial charge in [-0.1, -0.05) is 31.2 Å². The Hall–Kier alpha value is -1.88. The predicted octanol–water partition coefficient (Wildman–Crippen LogP) is 4.49. The van der Waals surface area contributed by atoms with Gasteiger partial charge in [-0.05, 0) is 35.7 Å². The molecule has 1 atom stereocenters. The first-order valence-electron chi connectivity index (χ1n) is 6.46. The number of benzene rings is 2. The van der Waals surface area contributed by atoms with E-state index in [0.717, 1.165) is 11.6 Å². The summed E-state index contributed by atoms with van der Waals surface area (Å²) in [5.74, 6) is -0.864. The van der Waals surface area contributed by atoms with E-state index in [1.165, 1.54) is 0 Å². The summed E-state index contributed by atoms with van der Waals surface area (Å²) >= 11 is 0. The molecule has 2 aromatic rings. The van der Waals surface area contributed by atoms with Crippen LogP contribution in [0.2, 0.25) is 0 Å². The Morgan fingerprint density at radius 2 is 1.81 bits per heavy atom. The van der Waals surface area contributed by atoms with Crippen molar-refractivity contribution in [2.24, 2.45) is 0 Å². The van der Waals surface area contributed by atoms with Gasteiger partial charge in [0.1, 0.15) is 11.9 Å². The van der Waals surface area contributed by atoms with E-state index in [0.29, 0.717) is 24.1 Å². The molecule has 21 heavy (non-hydrogen) atoms. The molecule has 0 aliphatic carbocycles. The van der Waals surface area contributed by atoms with E-state index in [1.54, 1.807) is 18.2 Å². The quantitative estimate of drug-likeness (QED) is 0.828. The van der Waals surface area contributed by atoms with Crippen LogP contribution >= 0.6 is 0 Å². The molecule has 0 radical (unpaired) electrons. The zero-order valence-corrected chi connectivity index (χ0v) is 11.3. The van der Waals surface area contributed by atoms with Crippen LogP contribution in [0.25, 0.3) is 0 Å². The molecule has 112 valence electrons. The highest BCUT2D eigenvalue weighted by atomic mass is 19.4. The minimum absolute atomic E-state index is 0.368. The number of alkyl halides is 3. The smallest absolute Gasteiger partial charge is 0.384 e. The van der Waals surface area contributed by atoms with Gasteiger partial charge in [0.2, 0.25) is 0 Å². The van der Waals surface area contributed by atoms with Gasteiger partial charge < -0.3 is 5.11 Å². The van der Waals surface area contributed by atoms with Crippen molar-refractivity contribution in [3.63, 3.8) is 0 Å². The highest BCUT2D eigenvalue weighted by molar-refractivity contribution is 5.36. The number of rotatable bonds is 3. The van der Waals surface area contributed by atoms with Crippen LogP contribution in [0.3, 0.4) is 0 Å². The monoisotopic (exact) mass is 298 g/mol. The average molecular weight is 298 g/mol. The van der Waals surface area contributed by atoms with Crippen LogP contribution in [0.4, 0.5) is 17.6 Å². The Kier molecular flexibility index (Phi) is 4.32. The second kappa shape index (κ2) is 5.85. The van der Waals surface area contributed by atoms with E-state index in [4.69, 9.17) is 0 Å². The molecule has 0 saturated heterocycles. The molecule has 0 spiro atoms. The second-order valence-electron chi connectivity index (χ2n) is 4.74. The van der Waals surface area contributed by atoms with Gasteiger partial charge in [-0.25, -0.2) is 4.39 Å². The molecule has 0 amide bonds. The number of aryl methyl sites for hydroxylation is 1. The van der Waals surface area contributed by atoms with E-state index in [-0.39, 0.29) is 5.56 Å². The molecule has 2 aromatic carbocycles. The molecule has 0 aromatic heterocycles. The topological polar surface area (TPSA) is 20.2 Å². The number of aliphatic hydroxyl groups is 1. The molecule has 0 bridgehead atoms. The summed E-state index contributed by atoms with van der Waals surface area (Å²) in [6.45, 7) is 1.91. The van der Waals surface area contributed by atoms with Crippen LogP contribution in [0, 0.1) is 5.82 Å². The zero-order valence-electron chi connectivity index (χ0n) is 11.3. The Morgan fingerprint density at radius 1 is 1.10 bits per heavy atom. The van der Waals surface area contributed by atoms with Gasteiger partial charge in [0.05, 0.1) is 5.56 Å². The van der Waals surface area contributed by atoms with Crippen molar-refractivity contribution < 1.29 is 22.7 Å². The van der Waals surface area contributed by atoms with Crippen molar-refractivity contribution in [3.05, 3.63) is 70.5 Å². The van der Waals surface area contributed by atoms with Crippen molar-refractivity contribution in [3.8, 4) is 0 Å². The fraction of sp³-hybridized carbons (Fsp3) is 0.250. The van der Waals surface area contributed by atoms with Crippen molar-refractivity contribution in [2.75, 3.05) is 0 Å². The van der Waals surface area contributed by atoms with E-state index < -0.39 is 23.7 Å². The van der Waals surface area contributed by atoms with E-state index in [2.05, 4.69) is 0 Å². The van der Waals surface area contributed by atoms with Gasteiger partial charge in [0.15, 0.2) is 0 Å². The van der Waals surface area contributed by atoms with Gasteiger partial charge >= 0.3 is 6.18 Å². The number of hydrogen-bond donors (Lipinski definition) is 1. The molecule has 0 heterocycles. The van der Waals surface area contributed by atoms with Crippen molar-refractivity contribution in [2.45, 2.75) is 25.6 Å². The maximum absolute atomic E-state index is 13.7. The van der Waals surface area contributed by atoms with E-state index in [9.17, 15) is 22.7 Å². The lowest BCUT2D eigenvalue weighted by Crippen LogP contribution is -2.09. The summed E-state index contributed by atoms with van der Waals surface area (Å²) in [5.41, 5.74) is -0.0748. The molecule has 1 unspecified atom stereocenters. The lowest BCUT2D eigenvalue weighted by molar-refractivity contribution is -0.137. The SMILES string of the molecule is CCc1cccc(C(O)c2cc(C(F)(F)F)ccc2F)c1. The van der Waals surface area contributed by atoms with Gasteiger partial charge in [-0.2, -0.15) is 13.2 Å². The molecule has 0 fully saturated rings. The molecule has 0 saturated carbocycles. The largest absolute Gasteiger partial charge is 0.416 e. The summed E-state index contributed by atoms with van der Waals surface area (Å²) in [6, 6.07) is 8.77. The summed E-state index contributed by atoms with van der Waals surface area (Å²) in [6.07, 6.45) is -5.29.